The Kier molecular flexibility index (Phi) is 12.0. The highest BCUT2D eigenvalue weighted by Crippen LogP contribution is 2.26. The molecular formula is C20H33N5O10. The van der Waals surface area contributed by atoms with Crippen molar-refractivity contribution in [3.05, 3.63) is 0 Å². The predicted molar refractivity (Wildman–Crippen MR) is 118 cm³/mol. The van der Waals surface area contributed by atoms with Crippen molar-refractivity contribution in [2.45, 2.75) is 31.2 Å². The minimum absolute atomic E-state index is 0.0141. The van der Waals surface area contributed by atoms with E-state index in [9.17, 15) is 49.2 Å². The van der Waals surface area contributed by atoms with E-state index < -0.39 is 67.4 Å². The van der Waals surface area contributed by atoms with Crippen molar-refractivity contribution in [1.29, 1.82) is 0 Å². The largest absolute Gasteiger partial charge is 0.480 e. The molecule has 1 aliphatic heterocycles. The molecule has 15 heteroatoms. The van der Waals surface area contributed by atoms with E-state index in [1.165, 1.54) is 14.7 Å². The molecule has 0 spiro atoms. The number of carbonyl (C=O) groups excluding carboxylic acids is 2. The Labute approximate surface area is 201 Å². The highest BCUT2D eigenvalue weighted by atomic mass is 16.4. The van der Waals surface area contributed by atoms with Crippen molar-refractivity contribution >= 4 is 35.7 Å². The van der Waals surface area contributed by atoms with Gasteiger partial charge in [-0.05, 0) is 12.8 Å². The monoisotopic (exact) mass is 503 g/mol. The molecule has 35 heavy (non-hydrogen) atoms. The summed E-state index contributed by atoms with van der Waals surface area (Å²) in [5.41, 5.74) is 3.74. The Balaban J connectivity index is 3.24. The second-order valence-electron chi connectivity index (χ2n) is 8.50. The molecule has 1 fully saturated rings. The summed E-state index contributed by atoms with van der Waals surface area (Å²) in [4.78, 5) is 73.1. The van der Waals surface area contributed by atoms with Crippen LogP contribution in [0.1, 0.15) is 25.7 Å². The third-order valence-electron chi connectivity index (χ3n) is 5.55. The average molecular weight is 504 g/mol. The average Bonchev–Trinajstić information content (AvgIpc) is 2.85. The fourth-order valence-electron chi connectivity index (χ4n) is 4.16. The van der Waals surface area contributed by atoms with Gasteiger partial charge in [0.15, 0.2) is 0 Å². The highest BCUT2D eigenvalue weighted by Gasteiger charge is 2.43. The molecule has 2 amide bonds. The number of rotatable bonds is 16. The molecule has 15 nitrogen and oxygen atoms in total. The third kappa shape index (κ3) is 11.6. The molecule has 1 aliphatic rings. The Hall–Kier alpha value is -3.30. The van der Waals surface area contributed by atoms with Crippen molar-refractivity contribution in [3.63, 3.8) is 0 Å². The molecule has 0 aromatic carbocycles. The molecule has 0 saturated carbocycles. The first-order chi connectivity index (χ1) is 16.3. The SMILES string of the molecule is NC(=O)CCCC(=O)NCCC1(N(CC(=O)O)CC(=O)O)CN(CC(=O)O)CCN(CC(=O)O)C1. The lowest BCUT2D eigenvalue weighted by Gasteiger charge is -2.45. The number of nitrogens with one attached hydrogen (secondary N) is 1. The predicted octanol–water partition coefficient (Wildman–Crippen LogP) is -2.85. The van der Waals surface area contributed by atoms with Crippen LogP contribution in [0.25, 0.3) is 0 Å². The molecule has 1 heterocycles. The number of nitrogens with zero attached hydrogens (tertiary/aromatic N) is 3. The maximum absolute atomic E-state index is 12.1. The normalized spacial score (nSPS) is 16.4. The van der Waals surface area contributed by atoms with E-state index in [1.54, 1.807) is 0 Å². The minimum Gasteiger partial charge on any atom is -0.480 e. The maximum atomic E-state index is 12.1. The summed E-state index contributed by atoms with van der Waals surface area (Å²) < 4.78 is 0. The van der Waals surface area contributed by atoms with Gasteiger partial charge in [-0.15, -0.1) is 0 Å². The molecule has 1 saturated heterocycles. The zero-order chi connectivity index (χ0) is 26.6. The van der Waals surface area contributed by atoms with E-state index >= 15 is 0 Å². The smallest absolute Gasteiger partial charge is 0.317 e. The summed E-state index contributed by atoms with van der Waals surface area (Å²) in [6.45, 7) is -2.05. The van der Waals surface area contributed by atoms with Crippen LogP contribution in [0.2, 0.25) is 0 Å². The van der Waals surface area contributed by atoms with Gasteiger partial charge in [-0.1, -0.05) is 0 Å². The van der Waals surface area contributed by atoms with Gasteiger partial charge in [0.05, 0.1) is 26.2 Å². The Morgan fingerprint density at radius 3 is 1.69 bits per heavy atom. The molecule has 0 atom stereocenters. The van der Waals surface area contributed by atoms with E-state index in [0.29, 0.717) is 0 Å². The van der Waals surface area contributed by atoms with Gasteiger partial charge in [0, 0.05) is 51.1 Å². The molecule has 0 unspecified atom stereocenters. The van der Waals surface area contributed by atoms with Crippen LogP contribution in [0.5, 0.6) is 0 Å². The van der Waals surface area contributed by atoms with E-state index in [-0.39, 0.29) is 58.4 Å². The second-order valence-corrected chi connectivity index (χ2v) is 8.50. The fourth-order valence-corrected chi connectivity index (χ4v) is 4.16. The van der Waals surface area contributed by atoms with E-state index in [2.05, 4.69) is 5.32 Å². The molecule has 0 aliphatic carbocycles. The lowest BCUT2D eigenvalue weighted by molar-refractivity contribution is -0.148. The molecule has 0 radical (unpaired) electrons. The second kappa shape index (κ2) is 14.2. The number of nitrogens with two attached hydrogens (primary N) is 1. The summed E-state index contributed by atoms with van der Waals surface area (Å²) in [5, 5.41) is 40.1. The Bertz CT molecular complexity index is 763. The summed E-state index contributed by atoms with van der Waals surface area (Å²) >= 11 is 0. The van der Waals surface area contributed by atoms with Gasteiger partial charge < -0.3 is 31.5 Å². The molecular weight excluding hydrogens is 470 g/mol. The summed E-state index contributed by atoms with van der Waals surface area (Å²) in [6, 6.07) is 0. The van der Waals surface area contributed by atoms with Crippen LogP contribution in [0, 0.1) is 0 Å². The van der Waals surface area contributed by atoms with Crippen molar-refractivity contribution in [3.8, 4) is 0 Å². The van der Waals surface area contributed by atoms with E-state index in [0.717, 1.165) is 0 Å². The third-order valence-corrected chi connectivity index (χ3v) is 5.55. The topological polar surface area (TPSA) is 231 Å². The maximum Gasteiger partial charge on any atom is 0.317 e. The van der Waals surface area contributed by atoms with Crippen LogP contribution in [-0.4, -0.2) is 135 Å². The molecule has 0 aromatic rings. The summed E-state index contributed by atoms with van der Waals surface area (Å²) in [7, 11) is 0. The standard InChI is InChI=1S/C20H33N5O10/c21-14(26)2-1-3-15(27)22-5-4-20(25(10-18(32)33)11-19(34)35)12-23(8-16(28)29)6-7-24(13-20)9-17(30)31/h1-13H2,(H2,21,26)(H,22,27)(H,28,29)(H,30,31)(H,32,33)(H,34,35). The van der Waals surface area contributed by atoms with Gasteiger partial charge in [0.25, 0.3) is 0 Å². The van der Waals surface area contributed by atoms with E-state index in [1.807, 2.05) is 0 Å². The van der Waals surface area contributed by atoms with Crippen LogP contribution in [0.4, 0.5) is 0 Å². The number of hydrogen-bond acceptors (Lipinski definition) is 9. The van der Waals surface area contributed by atoms with Gasteiger partial charge in [0.1, 0.15) is 0 Å². The quantitative estimate of drug-likeness (QED) is 0.125. The minimum atomic E-state index is -1.32. The molecule has 7 N–H and O–H groups in total. The molecule has 0 bridgehead atoms. The summed E-state index contributed by atoms with van der Waals surface area (Å²) in [6.07, 6.45) is 0.285. The zero-order valence-corrected chi connectivity index (χ0v) is 19.3. The number of amides is 2. The van der Waals surface area contributed by atoms with Crippen LogP contribution < -0.4 is 11.1 Å². The van der Waals surface area contributed by atoms with Crippen molar-refractivity contribution in [2.75, 3.05) is 58.9 Å². The fraction of sp³-hybridized carbons (Fsp3) is 0.700. The zero-order valence-electron chi connectivity index (χ0n) is 19.3. The Morgan fingerprint density at radius 2 is 1.29 bits per heavy atom. The first kappa shape index (κ1) is 29.7. The van der Waals surface area contributed by atoms with Crippen molar-refractivity contribution < 1.29 is 49.2 Å². The van der Waals surface area contributed by atoms with Crippen LogP contribution >= 0.6 is 0 Å². The van der Waals surface area contributed by atoms with Crippen LogP contribution in [-0.2, 0) is 28.8 Å². The molecule has 198 valence electrons. The van der Waals surface area contributed by atoms with Crippen molar-refractivity contribution in [1.82, 2.24) is 20.0 Å². The van der Waals surface area contributed by atoms with Crippen LogP contribution in [0.15, 0.2) is 0 Å². The number of primary amides is 1. The lowest BCUT2D eigenvalue weighted by Crippen LogP contribution is -2.63. The molecule has 1 rings (SSSR count). The van der Waals surface area contributed by atoms with Gasteiger partial charge in [-0.2, -0.15) is 0 Å². The van der Waals surface area contributed by atoms with Gasteiger partial charge in [0.2, 0.25) is 11.8 Å². The summed E-state index contributed by atoms with van der Waals surface area (Å²) in [5.74, 6) is -5.90. The number of hydrogen-bond donors (Lipinski definition) is 6. The number of carboxylic acid groups (broad SMARTS) is 4. The van der Waals surface area contributed by atoms with Gasteiger partial charge in [-0.25, -0.2) is 0 Å². The highest BCUT2D eigenvalue weighted by molar-refractivity contribution is 5.78. The first-order valence-electron chi connectivity index (χ1n) is 10.9. The van der Waals surface area contributed by atoms with Crippen LogP contribution in [0.3, 0.4) is 0 Å². The van der Waals surface area contributed by atoms with Crippen molar-refractivity contribution in [2.24, 2.45) is 5.73 Å². The van der Waals surface area contributed by atoms with E-state index in [4.69, 9.17) is 5.73 Å². The lowest BCUT2D eigenvalue weighted by atomic mass is 9.90. The molecule has 0 aromatic heterocycles. The number of carbonyl (C=O) groups is 6. The first-order valence-corrected chi connectivity index (χ1v) is 10.9. The Morgan fingerprint density at radius 1 is 0.800 bits per heavy atom. The van der Waals surface area contributed by atoms with Gasteiger partial charge in [-0.3, -0.25) is 43.5 Å². The number of carboxylic acids is 4. The number of aliphatic carboxylic acids is 4. The van der Waals surface area contributed by atoms with Gasteiger partial charge >= 0.3 is 23.9 Å².